The molecule has 3 N–H and O–H groups in total. The summed E-state index contributed by atoms with van der Waals surface area (Å²) in [6.45, 7) is 1.74. The molecule has 0 radical (unpaired) electrons. The van der Waals surface area contributed by atoms with Gasteiger partial charge in [0.15, 0.2) is 5.17 Å². The number of rotatable bonds is 4. The first kappa shape index (κ1) is 19.6. The summed E-state index contributed by atoms with van der Waals surface area (Å²) in [5.74, 6) is -0.971. The lowest BCUT2D eigenvalue weighted by Gasteiger charge is -2.21. The van der Waals surface area contributed by atoms with Crippen molar-refractivity contribution in [2.45, 2.75) is 18.6 Å². The fourth-order valence-corrected chi connectivity index (χ4v) is 3.31. The fraction of sp³-hybridized carbons (Fsp3) is 0.158. The Morgan fingerprint density at radius 2 is 1.89 bits per heavy atom. The number of halogens is 1. The number of nitrogens with zero attached hydrogens (tertiary/aromatic N) is 2. The van der Waals surface area contributed by atoms with Crippen LogP contribution in [0.4, 0.5) is 10.1 Å². The molecule has 0 aliphatic carbocycles. The Morgan fingerprint density at radius 3 is 2.57 bits per heavy atom. The van der Waals surface area contributed by atoms with Gasteiger partial charge in [-0.2, -0.15) is 5.10 Å². The van der Waals surface area contributed by atoms with E-state index in [1.165, 1.54) is 36.4 Å². The third kappa shape index (κ3) is 5.17. The van der Waals surface area contributed by atoms with Gasteiger partial charge in [-0.05, 0) is 61.0 Å². The van der Waals surface area contributed by atoms with Gasteiger partial charge in [0.25, 0.3) is 0 Å². The van der Waals surface area contributed by atoms with Crippen LogP contribution in [0.1, 0.15) is 18.9 Å². The molecule has 7 nitrogen and oxygen atoms in total. The fourth-order valence-electron chi connectivity index (χ4n) is 2.38. The van der Waals surface area contributed by atoms with Gasteiger partial charge in [0.05, 0.1) is 5.71 Å². The van der Waals surface area contributed by atoms with Crippen molar-refractivity contribution in [3.05, 3.63) is 59.9 Å². The molecule has 0 aromatic heterocycles. The molecule has 1 heterocycles. The molecule has 2 amide bonds. The van der Waals surface area contributed by atoms with Crippen LogP contribution in [-0.4, -0.2) is 33.1 Å². The number of carbonyl (C=O) groups excluding carboxylic acids is 2. The van der Waals surface area contributed by atoms with Gasteiger partial charge in [-0.15, -0.1) is 5.10 Å². The smallest absolute Gasteiger partial charge is 0.238 e. The molecule has 0 bridgehead atoms. The molecule has 1 atom stereocenters. The van der Waals surface area contributed by atoms with Crippen LogP contribution < -0.4 is 10.6 Å². The predicted octanol–water partition coefficient (Wildman–Crippen LogP) is 2.87. The SMILES string of the molecule is C/C(=N\N=C1/NC(=O)C[C@H](C(=O)Nc2ccc(F)cc2)S1)c1ccc(O)cc1. The van der Waals surface area contributed by atoms with E-state index in [4.69, 9.17) is 0 Å². The van der Waals surface area contributed by atoms with E-state index in [9.17, 15) is 19.1 Å². The van der Waals surface area contributed by atoms with Gasteiger partial charge in [0.1, 0.15) is 16.8 Å². The van der Waals surface area contributed by atoms with Crippen molar-refractivity contribution in [3.63, 3.8) is 0 Å². The van der Waals surface area contributed by atoms with Gasteiger partial charge in [0, 0.05) is 12.1 Å². The number of phenolic OH excluding ortho intramolecular Hbond substituents is 1. The third-order valence-corrected chi connectivity index (χ3v) is 4.92. The van der Waals surface area contributed by atoms with Crippen LogP contribution in [0.3, 0.4) is 0 Å². The van der Waals surface area contributed by atoms with E-state index >= 15 is 0 Å². The van der Waals surface area contributed by atoms with Crippen molar-refractivity contribution in [1.29, 1.82) is 0 Å². The molecule has 144 valence electrons. The molecular formula is C19H17FN4O3S. The molecule has 1 aliphatic heterocycles. The summed E-state index contributed by atoms with van der Waals surface area (Å²) >= 11 is 1.09. The first-order valence-electron chi connectivity index (χ1n) is 8.35. The summed E-state index contributed by atoms with van der Waals surface area (Å²) in [5, 5.41) is 22.2. The van der Waals surface area contributed by atoms with Crippen LogP contribution in [-0.2, 0) is 9.59 Å². The minimum atomic E-state index is -0.679. The van der Waals surface area contributed by atoms with Crippen LogP contribution in [0.5, 0.6) is 5.75 Å². The van der Waals surface area contributed by atoms with Gasteiger partial charge < -0.3 is 15.7 Å². The monoisotopic (exact) mass is 400 g/mol. The van der Waals surface area contributed by atoms with Gasteiger partial charge >= 0.3 is 0 Å². The Labute approximate surface area is 164 Å². The molecule has 0 saturated carbocycles. The Hall–Kier alpha value is -3.20. The Morgan fingerprint density at radius 1 is 1.21 bits per heavy atom. The highest BCUT2D eigenvalue weighted by Gasteiger charge is 2.30. The number of nitrogens with one attached hydrogen (secondary N) is 2. The van der Waals surface area contributed by atoms with E-state index in [-0.39, 0.29) is 29.2 Å². The van der Waals surface area contributed by atoms with Gasteiger partial charge in [-0.1, -0.05) is 11.8 Å². The molecule has 1 fully saturated rings. The number of anilines is 1. The number of aromatic hydroxyl groups is 1. The number of thioether (sulfide) groups is 1. The van der Waals surface area contributed by atoms with E-state index in [1.54, 1.807) is 19.1 Å². The maximum absolute atomic E-state index is 13.0. The second-order valence-corrected chi connectivity index (χ2v) is 7.18. The van der Waals surface area contributed by atoms with Crippen molar-refractivity contribution in [2.24, 2.45) is 10.2 Å². The summed E-state index contributed by atoms with van der Waals surface area (Å²) in [4.78, 5) is 24.3. The summed E-state index contributed by atoms with van der Waals surface area (Å²) in [6, 6.07) is 11.8. The van der Waals surface area contributed by atoms with Crippen molar-refractivity contribution in [3.8, 4) is 5.75 Å². The third-order valence-electron chi connectivity index (χ3n) is 3.85. The largest absolute Gasteiger partial charge is 0.508 e. The Balaban J connectivity index is 1.69. The molecule has 3 rings (SSSR count). The van der Waals surface area contributed by atoms with Crippen molar-refractivity contribution >= 4 is 40.1 Å². The second-order valence-electron chi connectivity index (χ2n) is 5.99. The zero-order chi connectivity index (χ0) is 20.1. The van der Waals surface area contributed by atoms with E-state index in [1.807, 2.05) is 0 Å². The lowest BCUT2D eigenvalue weighted by molar-refractivity contribution is -0.123. The lowest BCUT2D eigenvalue weighted by Crippen LogP contribution is -2.41. The minimum Gasteiger partial charge on any atom is -0.508 e. The molecule has 0 spiro atoms. The molecule has 0 unspecified atom stereocenters. The summed E-state index contributed by atoms with van der Waals surface area (Å²) in [7, 11) is 0. The van der Waals surface area contributed by atoms with Gasteiger partial charge in [-0.25, -0.2) is 4.39 Å². The van der Waals surface area contributed by atoms with Gasteiger partial charge in [0.2, 0.25) is 11.8 Å². The molecule has 1 saturated heterocycles. The Bertz CT molecular complexity index is 943. The summed E-state index contributed by atoms with van der Waals surface area (Å²) < 4.78 is 13.0. The van der Waals surface area contributed by atoms with Crippen LogP contribution in [0, 0.1) is 5.82 Å². The average molecular weight is 400 g/mol. The van der Waals surface area contributed by atoms with Crippen molar-refractivity contribution in [2.75, 3.05) is 5.32 Å². The quantitative estimate of drug-likeness (QED) is 0.542. The molecular weight excluding hydrogens is 383 g/mol. The first-order chi connectivity index (χ1) is 13.4. The Kier molecular flexibility index (Phi) is 6.05. The normalized spacial score (nSPS) is 18.6. The van der Waals surface area contributed by atoms with Crippen LogP contribution in [0.2, 0.25) is 0 Å². The molecule has 9 heteroatoms. The topological polar surface area (TPSA) is 103 Å². The highest BCUT2D eigenvalue weighted by molar-refractivity contribution is 8.15. The van der Waals surface area contributed by atoms with E-state index in [0.717, 1.165) is 17.3 Å². The zero-order valence-corrected chi connectivity index (χ0v) is 15.7. The minimum absolute atomic E-state index is 0.00261. The maximum atomic E-state index is 13.0. The predicted molar refractivity (Wildman–Crippen MR) is 107 cm³/mol. The van der Waals surface area contributed by atoms with Crippen LogP contribution in [0.25, 0.3) is 0 Å². The van der Waals surface area contributed by atoms with Crippen LogP contribution >= 0.6 is 11.8 Å². The molecule has 2 aromatic rings. The van der Waals surface area contributed by atoms with E-state index in [2.05, 4.69) is 20.8 Å². The number of phenols is 1. The molecule has 2 aromatic carbocycles. The second kappa shape index (κ2) is 8.66. The first-order valence-corrected chi connectivity index (χ1v) is 9.23. The lowest BCUT2D eigenvalue weighted by atomic mass is 10.1. The number of hydrogen-bond acceptors (Lipinski definition) is 6. The van der Waals surface area contributed by atoms with Crippen LogP contribution in [0.15, 0.2) is 58.7 Å². The molecule has 1 aliphatic rings. The van der Waals surface area contributed by atoms with Crippen molar-refractivity contribution in [1.82, 2.24) is 5.32 Å². The standard InChI is InChI=1S/C19H17FN4O3S/c1-11(12-2-8-15(25)9-3-12)23-24-19-22-17(26)10-16(28-19)18(27)21-14-6-4-13(20)5-7-14/h2-9,16,25H,10H2,1H3,(H,21,27)(H,22,24,26)/b23-11+/t16-/m1/s1. The zero-order valence-electron chi connectivity index (χ0n) is 14.8. The number of amides is 2. The highest BCUT2D eigenvalue weighted by atomic mass is 32.2. The maximum Gasteiger partial charge on any atom is 0.238 e. The van der Waals surface area contributed by atoms with Gasteiger partial charge in [-0.3, -0.25) is 9.59 Å². The van der Waals surface area contributed by atoms with Crippen molar-refractivity contribution < 1.29 is 19.1 Å². The summed E-state index contributed by atoms with van der Waals surface area (Å²) in [5.41, 5.74) is 1.79. The highest BCUT2D eigenvalue weighted by Crippen LogP contribution is 2.23. The number of hydrogen-bond donors (Lipinski definition) is 3. The number of carbonyl (C=O) groups is 2. The molecule has 28 heavy (non-hydrogen) atoms. The van der Waals surface area contributed by atoms with E-state index < -0.39 is 11.1 Å². The van der Waals surface area contributed by atoms with E-state index in [0.29, 0.717) is 11.4 Å². The number of amidine groups is 1. The average Bonchev–Trinajstić information content (AvgIpc) is 2.68. The summed E-state index contributed by atoms with van der Waals surface area (Å²) in [6.07, 6.45) is -0.00261. The number of benzene rings is 2.